The van der Waals surface area contributed by atoms with Gasteiger partial charge in [0.25, 0.3) is 0 Å². The van der Waals surface area contributed by atoms with Crippen LogP contribution < -0.4 is 15.2 Å². The molecule has 0 aliphatic heterocycles. The third-order valence-electron chi connectivity index (χ3n) is 4.10. The number of esters is 1. The van der Waals surface area contributed by atoms with Gasteiger partial charge in [-0.1, -0.05) is 19.9 Å². The summed E-state index contributed by atoms with van der Waals surface area (Å²) >= 11 is 0. The van der Waals surface area contributed by atoms with Gasteiger partial charge in [0, 0.05) is 0 Å². The summed E-state index contributed by atoms with van der Waals surface area (Å²) in [5.41, 5.74) is 6.46. The van der Waals surface area contributed by atoms with Gasteiger partial charge in [-0.2, -0.15) is 0 Å². The Morgan fingerprint density at radius 2 is 1.27 bits per heavy atom. The number of ether oxygens (including phenoxy) is 7. The third kappa shape index (κ3) is 13.4. The number of rotatable bonds is 12. The van der Waals surface area contributed by atoms with E-state index in [9.17, 15) is 19.2 Å². The van der Waals surface area contributed by atoms with E-state index in [1.165, 1.54) is 25.1 Å². The van der Waals surface area contributed by atoms with Crippen LogP contribution in [0.1, 0.15) is 54.0 Å². The molecule has 0 radical (unpaired) electrons. The largest absolute Gasteiger partial charge is 0.514 e. The quantitative estimate of drug-likeness (QED) is 0.235. The summed E-state index contributed by atoms with van der Waals surface area (Å²) in [5, 5.41) is 0. The molecule has 37 heavy (non-hydrogen) atoms. The summed E-state index contributed by atoms with van der Waals surface area (Å²) in [6, 6.07) is 3.18. The molecule has 0 bridgehead atoms. The summed E-state index contributed by atoms with van der Waals surface area (Å²) in [4.78, 5) is 47.9. The van der Waals surface area contributed by atoms with E-state index < -0.39 is 48.8 Å². The summed E-state index contributed by atoms with van der Waals surface area (Å²) in [6.45, 7) is 11.9. The van der Waals surface area contributed by atoms with Gasteiger partial charge in [0.1, 0.15) is 18.8 Å². The summed E-state index contributed by atoms with van der Waals surface area (Å²) in [5.74, 6) is -0.816. The van der Waals surface area contributed by atoms with Gasteiger partial charge < -0.3 is 38.9 Å². The van der Waals surface area contributed by atoms with Crippen molar-refractivity contribution in [2.45, 2.75) is 79.2 Å². The van der Waals surface area contributed by atoms with Gasteiger partial charge in [-0.05, 0) is 64.7 Å². The normalized spacial score (nSPS) is 12.5. The number of carbonyl (C=O) groups excluding carboxylic acids is 4. The van der Waals surface area contributed by atoms with Gasteiger partial charge in [0.05, 0.1) is 18.8 Å². The first-order chi connectivity index (χ1) is 17.3. The highest BCUT2D eigenvalue weighted by atomic mass is 16.8. The molecule has 1 rings (SSSR count). The van der Waals surface area contributed by atoms with E-state index in [0.29, 0.717) is 5.56 Å². The average molecular weight is 528 g/mol. The van der Waals surface area contributed by atoms with Crippen LogP contribution in [-0.2, 0) is 34.9 Å². The highest BCUT2D eigenvalue weighted by molar-refractivity contribution is 5.76. The zero-order valence-electron chi connectivity index (χ0n) is 22.3. The zero-order chi connectivity index (χ0) is 28.1. The smallest absolute Gasteiger partial charge is 0.458 e. The maximum Gasteiger partial charge on any atom is 0.514 e. The lowest BCUT2D eigenvalue weighted by Crippen LogP contribution is -2.37. The van der Waals surface area contributed by atoms with Crippen LogP contribution in [0.3, 0.4) is 0 Å². The fourth-order valence-corrected chi connectivity index (χ4v) is 2.57. The maximum absolute atomic E-state index is 12.4. The van der Waals surface area contributed by atoms with Crippen molar-refractivity contribution in [1.82, 2.24) is 0 Å². The third-order valence-corrected chi connectivity index (χ3v) is 4.10. The van der Waals surface area contributed by atoms with Crippen LogP contribution in [0.15, 0.2) is 18.2 Å². The van der Waals surface area contributed by atoms with Crippen LogP contribution in [0.2, 0.25) is 0 Å². The minimum atomic E-state index is -1.09. The van der Waals surface area contributed by atoms with Crippen molar-refractivity contribution in [2.24, 2.45) is 11.7 Å². The first-order valence-electron chi connectivity index (χ1n) is 11.9. The molecule has 0 fully saturated rings. The van der Waals surface area contributed by atoms with Crippen molar-refractivity contribution >= 4 is 24.4 Å². The van der Waals surface area contributed by atoms with Gasteiger partial charge >= 0.3 is 24.4 Å². The fraction of sp³-hybridized carbons (Fsp3) is 0.600. The number of benzene rings is 1. The Labute approximate surface area is 216 Å². The fourth-order valence-electron chi connectivity index (χ4n) is 2.57. The Kier molecular flexibility index (Phi) is 13.2. The van der Waals surface area contributed by atoms with Gasteiger partial charge in [0.15, 0.2) is 11.5 Å². The van der Waals surface area contributed by atoms with E-state index >= 15 is 0 Å². The van der Waals surface area contributed by atoms with E-state index in [0.717, 1.165) is 0 Å². The van der Waals surface area contributed by atoms with Crippen molar-refractivity contribution in [2.75, 3.05) is 13.2 Å². The molecule has 2 N–H and O–H groups in total. The van der Waals surface area contributed by atoms with E-state index in [-0.39, 0.29) is 37.1 Å². The Morgan fingerprint density at radius 1 is 0.730 bits per heavy atom. The molecule has 208 valence electrons. The Bertz CT molecular complexity index is 914. The van der Waals surface area contributed by atoms with Crippen molar-refractivity contribution in [1.29, 1.82) is 0 Å². The molecule has 0 aromatic heterocycles. The molecular weight excluding hydrogens is 490 g/mol. The minimum absolute atomic E-state index is 0.00481. The first-order valence-corrected chi connectivity index (χ1v) is 11.9. The second-order valence-corrected chi connectivity index (χ2v) is 9.14. The lowest BCUT2D eigenvalue weighted by Gasteiger charge is -2.18. The Morgan fingerprint density at radius 3 is 1.81 bits per heavy atom. The summed E-state index contributed by atoms with van der Waals surface area (Å²) in [6.07, 6.45) is -4.51. The molecule has 0 aliphatic rings. The van der Waals surface area contributed by atoms with Gasteiger partial charge in [0.2, 0.25) is 0 Å². The highest BCUT2D eigenvalue weighted by Crippen LogP contribution is 2.30. The van der Waals surface area contributed by atoms with E-state index in [2.05, 4.69) is 0 Å². The predicted octanol–water partition coefficient (Wildman–Crippen LogP) is 4.14. The van der Waals surface area contributed by atoms with Crippen molar-refractivity contribution < 1.29 is 52.3 Å². The zero-order valence-corrected chi connectivity index (χ0v) is 22.3. The lowest BCUT2D eigenvalue weighted by molar-refractivity contribution is -0.152. The monoisotopic (exact) mass is 527 g/mol. The minimum Gasteiger partial charge on any atom is -0.458 e. The van der Waals surface area contributed by atoms with Crippen LogP contribution in [0.25, 0.3) is 0 Å². The van der Waals surface area contributed by atoms with Crippen molar-refractivity contribution in [3.8, 4) is 11.5 Å². The Hall–Kier alpha value is -3.54. The first kappa shape index (κ1) is 31.5. The topological polar surface area (TPSA) is 159 Å². The molecule has 2 atom stereocenters. The van der Waals surface area contributed by atoms with Crippen LogP contribution in [0.4, 0.5) is 14.4 Å². The van der Waals surface area contributed by atoms with E-state index in [1.54, 1.807) is 27.7 Å². The summed E-state index contributed by atoms with van der Waals surface area (Å²) in [7, 11) is 0. The second-order valence-electron chi connectivity index (χ2n) is 9.14. The molecule has 0 saturated carbocycles. The number of nitrogens with two attached hydrogens (primary N) is 1. The van der Waals surface area contributed by atoms with Gasteiger partial charge in [-0.3, -0.25) is 4.79 Å². The maximum atomic E-state index is 12.4. The van der Waals surface area contributed by atoms with E-state index in [1.807, 2.05) is 13.8 Å². The predicted molar refractivity (Wildman–Crippen MR) is 130 cm³/mol. The molecule has 1 aromatic carbocycles. The second kappa shape index (κ2) is 15.5. The number of hydrogen-bond acceptors (Lipinski definition) is 12. The van der Waals surface area contributed by atoms with Gasteiger partial charge in [-0.15, -0.1) is 0 Å². The standard InChI is InChI=1S/C25H37NO11/c1-14(2)12-31-23(28)32-13-17(7)35-22(27)19(26)10-18-8-9-20(36-24(29)33-15(3)4)21(11-18)37-25(30)34-16(5)6/h8-9,11,14-17,19H,10,12-13,26H2,1-7H3/t17-,19-/m0/s1. The van der Waals surface area contributed by atoms with Crippen molar-refractivity contribution in [3.05, 3.63) is 23.8 Å². The molecule has 0 aliphatic carbocycles. The average Bonchev–Trinajstić information content (AvgIpc) is 2.76. The molecule has 0 saturated heterocycles. The molecule has 12 heteroatoms. The molecule has 0 amide bonds. The molecule has 1 aromatic rings. The van der Waals surface area contributed by atoms with E-state index in [4.69, 9.17) is 38.9 Å². The molecule has 12 nitrogen and oxygen atoms in total. The molecule has 0 spiro atoms. The molecule has 0 unspecified atom stereocenters. The lowest BCUT2D eigenvalue weighted by atomic mass is 10.1. The molecular formula is C25H37NO11. The van der Waals surface area contributed by atoms with Crippen LogP contribution in [0, 0.1) is 5.92 Å². The SMILES string of the molecule is CC(C)COC(=O)OC[C@H](C)OC(=O)[C@@H](N)Cc1ccc(OC(=O)OC(C)C)c(OC(=O)OC(C)C)c1. The Balaban J connectivity index is 2.81. The number of hydrogen-bond donors (Lipinski definition) is 1. The van der Waals surface area contributed by atoms with Crippen LogP contribution in [-0.4, -0.2) is 62.0 Å². The van der Waals surface area contributed by atoms with Crippen LogP contribution in [0.5, 0.6) is 11.5 Å². The van der Waals surface area contributed by atoms with Crippen molar-refractivity contribution in [3.63, 3.8) is 0 Å². The molecule has 0 heterocycles. The van der Waals surface area contributed by atoms with Crippen LogP contribution >= 0.6 is 0 Å². The van der Waals surface area contributed by atoms with Gasteiger partial charge in [-0.25, -0.2) is 14.4 Å². The number of carbonyl (C=O) groups is 4. The summed E-state index contributed by atoms with van der Waals surface area (Å²) < 4.78 is 35.3. The highest BCUT2D eigenvalue weighted by Gasteiger charge is 2.22.